The van der Waals surface area contributed by atoms with Gasteiger partial charge < -0.3 is 5.73 Å². The van der Waals surface area contributed by atoms with E-state index in [0.29, 0.717) is 25.2 Å². The van der Waals surface area contributed by atoms with E-state index in [-0.39, 0.29) is 28.2 Å². The van der Waals surface area contributed by atoms with Crippen molar-refractivity contribution in [2.75, 3.05) is 19.6 Å². The maximum Gasteiger partial charge on any atom is 0.244 e. The molecule has 0 radical (unpaired) electrons. The molecule has 1 fully saturated rings. The fourth-order valence-corrected chi connectivity index (χ4v) is 4.18. The summed E-state index contributed by atoms with van der Waals surface area (Å²) in [6.07, 6.45) is 0.767. The third kappa shape index (κ3) is 3.25. The van der Waals surface area contributed by atoms with Crippen LogP contribution < -0.4 is 5.73 Å². The zero-order chi connectivity index (χ0) is 14.0. The highest BCUT2D eigenvalue weighted by atomic mass is 35.5. The molecule has 5 nitrogen and oxygen atoms in total. The number of nitrogens with zero attached hydrogens (tertiary/aromatic N) is 2. The van der Waals surface area contributed by atoms with Gasteiger partial charge in [0.05, 0.1) is 16.7 Å². The Morgan fingerprint density at radius 1 is 1.50 bits per heavy atom. The molecular weight excluding hydrogens is 321 g/mol. The largest absolute Gasteiger partial charge is 0.330 e. The highest BCUT2D eigenvalue weighted by Crippen LogP contribution is 2.29. The molecule has 1 aliphatic rings. The molecule has 0 amide bonds. The summed E-state index contributed by atoms with van der Waals surface area (Å²) in [7, 11) is -3.60. The molecule has 110 valence electrons. The Morgan fingerprint density at radius 3 is 2.70 bits per heavy atom. The van der Waals surface area contributed by atoms with Gasteiger partial charge in [-0.1, -0.05) is 11.6 Å². The summed E-state index contributed by atoms with van der Waals surface area (Å²) in [5.41, 5.74) is 5.90. The zero-order valence-electron chi connectivity index (χ0n) is 10.6. The molecule has 0 saturated carbocycles. The molecule has 1 unspecified atom stereocenters. The Hall–Kier alpha value is -0.840. The Morgan fingerprint density at radius 2 is 2.20 bits per heavy atom. The van der Waals surface area contributed by atoms with Crippen LogP contribution in [0.2, 0.25) is 5.02 Å². The minimum Gasteiger partial charge on any atom is -0.330 e. The van der Waals surface area contributed by atoms with Crippen LogP contribution in [-0.2, 0) is 10.0 Å². The van der Waals surface area contributed by atoms with Crippen LogP contribution in [0.3, 0.4) is 0 Å². The lowest BCUT2D eigenvalue weighted by Crippen LogP contribution is -2.30. The quantitative estimate of drug-likeness (QED) is 0.908. The second-order valence-electron chi connectivity index (χ2n) is 4.51. The minimum absolute atomic E-state index is 0. The van der Waals surface area contributed by atoms with E-state index in [1.807, 2.05) is 6.07 Å². The Labute approximate surface area is 129 Å². The predicted octanol–water partition coefficient (Wildman–Crippen LogP) is 1.60. The summed E-state index contributed by atoms with van der Waals surface area (Å²) < 4.78 is 26.3. The summed E-state index contributed by atoms with van der Waals surface area (Å²) in [6.45, 7) is 1.36. The van der Waals surface area contributed by atoms with Gasteiger partial charge in [-0.25, -0.2) is 8.42 Å². The van der Waals surface area contributed by atoms with Crippen LogP contribution >= 0.6 is 24.0 Å². The normalized spacial score (nSPS) is 19.4. The van der Waals surface area contributed by atoms with Crippen molar-refractivity contribution in [3.63, 3.8) is 0 Å². The molecule has 0 aromatic heterocycles. The summed E-state index contributed by atoms with van der Waals surface area (Å²) in [6, 6.07) is 6.12. The molecule has 1 aromatic rings. The van der Waals surface area contributed by atoms with Gasteiger partial charge in [0.1, 0.15) is 4.90 Å². The number of nitriles is 1. The lowest BCUT2D eigenvalue weighted by molar-refractivity contribution is 0.459. The Balaban J connectivity index is 0.00000200. The van der Waals surface area contributed by atoms with Gasteiger partial charge in [-0.05, 0) is 37.1 Å². The smallest absolute Gasteiger partial charge is 0.244 e. The van der Waals surface area contributed by atoms with Gasteiger partial charge in [0.15, 0.2) is 0 Å². The van der Waals surface area contributed by atoms with Crippen molar-refractivity contribution in [1.82, 2.24) is 4.31 Å². The van der Waals surface area contributed by atoms with Crippen LogP contribution in [0, 0.1) is 17.2 Å². The summed E-state index contributed by atoms with van der Waals surface area (Å²) in [5.74, 6) is 0.201. The van der Waals surface area contributed by atoms with Crippen LogP contribution in [0.4, 0.5) is 0 Å². The van der Waals surface area contributed by atoms with E-state index in [1.165, 1.54) is 22.5 Å². The molecule has 1 atom stereocenters. The number of rotatable bonds is 3. The van der Waals surface area contributed by atoms with E-state index in [1.54, 1.807) is 0 Å². The van der Waals surface area contributed by atoms with Crippen LogP contribution in [0.1, 0.15) is 12.0 Å². The highest BCUT2D eigenvalue weighted by Gasteiger charge is 2.33. The molecule has 20 heavy (non-hydrogen) atoms. The standard InChI is InChI=1S/C12H14ClN3O2S.ClH/c13-11-5-9(6-14)1-2-12(11)19(17,18)16-4-3-10(7-15)8-16;/h1-2,5,10H,3-4,7-8,15H2;1H. The first-order valence-electron chi connectivity index (χ1n) is 5.89. The third-order valence-corrected chi connectivity index (χ3v) is 5.61. The van der Waals surface area contributed by atoms with Crippen molar-refractivity contribution in [3.05, 3.63) is 28.8 Å². The van der Waals surface area contributed by atoms with Crippen molar-refractivity contribution in [2.24, 2.45) is 11.7 Å². The molecule has 2 N–H and O–H groups in total. The average Bonchev–Trinajstić information content (AvgIpc) is 2.87. The van der Waals surface area contributed by atoms with Gasteiger partial charge >= 0.3 is 0 Å². The lowest BCUT2D eigenvalue weighted by Gasteiger charge is -2.17. The van der Waals surface area contributed by atoms with Crippen molar-refractivity contribution in [2.45, 2.75) is 11.3 Å². The van der Waals surface area contributed by atoms with Gasteiger partial charge in [0.25, 0.3) is 0 Å². The molecule has 2 rings (SSSR count). The minimum atomic E-state index is -3.60. The van der Waals surface area contributed by atoms with E-state index in [2.05, 4.69) is 0 Å². The van der Waals surface area contributed by atoms with E-state index < -0.39 is 10.0 Å². The maximum atomic E-state index is 12.4. The van der Waals surface area contributed by atoms with Gasteiger partial charge in [-0.15, -0.1) is 12.4 Å². The first-order chi connectivity index (χ1) is 8.98. The fraction of sp³-hybridized carbons (Fsp3) is 0.417. The Bertz CT molecular complexity index is 628. The number of nitrogens with two attached hydrogens (primary N) is 1. The molecular formula is C12H15Cl2N3O2S. The summed E-state index contributed by atoms with van der Waals surface area (Å²) >= 11 is 5.96. The molecule has 0 bridgehead atoms. The van der Waals surface area contributed by atoms with Crippen LogP contribution in [0.15, 0.2) is 23.1 Å². The average molecular weight is 336 g/mol. The topological polar surface area (TPSA) is 87.2 Å². The van der Waals surface area contributed by atoms with Gasteiger partial charge in [-0.2, -0.15) is 9.57 Å². The molecule has 1 heterocycles. The van der Waals surface area contributed by atoms with Crippen LogP contribution in [0.25, 0.3) is 0 Å². The van der Waals surface area contributed by atoms with Gasteiger partial charge in [-0.3, -0.25) is 0 Å². The fourth-order valence-electron chi connectivity index (χ4n) is 2.13. The molecule has 0 spiro atoms. The number of hydrogen-bond acceptors (Lipinski definition) is 4. The maximum absolute atomic E-state index is 12.4. The molecule has 8 heteroatoms. The highest BCUT2D eigenvalue weighted by molar-refractivity contribution is 7.89. The van der Waals surface area contributed by atoms with Gasteiger partial charge in [0, 0.05) is 13.1 Å². The molecule has 0 aliphatic carbocycles. The molecule has 1 aromatic carbocycles. The number of sulfonamides is 1. The predicted molar refractivity (Wildman–Crippen MR) is 79.3 cm³/mol. The van der Waals surface area contributed by atoms with Gasteiger partial charge in [0.2, 0.25) is 10.0 Å². The summed E-state index contributed by atoms with van der Waals surface area (Å²) in [5, 5.41) is 8.83. The second kappa shape index (κ2) is 6.74. The Kier molecular flexibility index (Phi) is 5.80. The molecule has 1 aliphatic heterocycles. The SMILES string of the molecule is Cl.N#Cc1ccc(S(=O)(=O)N2CCC(CN)C2)c(Cl)c1. The van der Waals surface area contributed by atoms with E-state index in [0.717, 1.165) is 6.42 Å². The number of halogens is 2. The van der Waals surface area contributed by atoms with E-state index in [4.69, 9.17) is 22.6 Å². The van der Waals surface area contributed by atoms with Crippen LogP contribution in [0.5, 0.6) is 0 Å². The van der Waals surface area contributed by atoms with E-state index in [9.17, 15) is 8.42 Å². The van der Waals surface area contributed by atoms with Crippen molar-refractivity contribution < 1.29 is 8.42 Å². The lowest BCUT2D eigenvalue weighted by atomic mass is 10.1. The third-order valence-electron chi connectivity index (χ3n) is 3.26. The summed E-state index contributed by atoms with van der Waals surface area (Å²) in [4.78, 5) is 0.0471. The zero-order valence-corrected chi connectivity index (χ0v) is 13.0. The number of hydrogen-bond donors (Lipinski definition) is 1. The first kappa shape index (κ1) is 17.2. The van der Waals surface area contributed by atoms with E-state index >= 15 is 0 Å². The van der Waals surface area contributed by atoms with Crippen LogP contribution in [-0.4, -0.2) is 32.4 Å². The first-order valence-corrected chi connectivity index (χ1v) is 7.70. The molecule has 1 saturated heterocycles. The van der Waals surface area contributed by atoms with Crippen molar-refractivity contribution in [1.29, 1.82) is 5.26 Å². The monoisotopic (exact) mass is 335 g/mol. The number of benzene rings is 1. The van der Waals surface area contributed by atoms with Crippen molar-refractivity contribution in [3.8, 4) is 6.07 Å². The second-order valence-corrected chi connectivity index (χ2v) is 6.82. The van der Waals surface area contributed by atoms with Crippen molar-refractivity contribution >= 4 is 34.0 Å².